The van der Waals surface area contributed by atoms with Crippen molar-refractivity contribution in [2.45, 2.75) is 25.5 Å². The molecule has 4 N–H and O–H groups in total. The molecule has 1 aromatic heterocycles. The van der Waals surface area contributed by atoms with Crippen LogP contribution in [-0.4, -0.2) is 117 Å². The number of carbonyl (C=O) groups is 1. The number of nitrogens with one attached hydrogen (secondary N) is 1. The lowest BCUT2D eigenvalue weighted by atomic mass is 9.91. The minimum absolute atomic E-state index is 0.0258. The van der Waals surface area contributed by atoms with Crippen LogP contribution >= 0.6 is 0 Å². The highest BCUT2D eigenvalue weighted by Gasteiger charge is 2.33. The molecule has 1 amide bonds. The zero-order chi connectivity index (χ0) is 36.0. The monoisotopic (exact) mass is 700 g/mol. The molecule has 12 heteroatoms. The number of aliphatic imine (C=N–C) groups is 2. The topological polar surface area (TPSA) is 150 Å². The number of aromatic hydroxyl groups is 2. The van der Waals surface area contributed by atoms with Gasteiger partial charge in [0, 0.05) is 57.7 Å². The summed E-state index contributed by atoms with van der Waals surface area (Å²) in [7, 11) is 0. The largest absolute Gasteiger partial charge is 0.507 e. The Morgan fingerprint density at radius 2 is 1.46 bits per heavy atom. The van der Waals surface area contributed by atoms with Crippen LogP contribution in [0.4, 0.5) is 5.82 Å². The summed E-state index contributed by atoms with van der Waals surface area (Å²) in [6.45, 7) is 7.92. The SMILES string of the molecule is C[C@H](O)CC(=O)N1CCN(c2nc(-c3ccccc3O)nc3ccccc23)CC1.Oc1ccccc1C1=NC2C=CC=CC2C(N2CCNCC2)=N1. The number of phenolic OH excluding ortho intramolecular Hbond substituents is 2. The number of anilines is 1. The Morgan fingerprint density at radius 3 is 2.17 bits per heavy atom. The number of nitrogens with zero attached hydrogens (tertiary/aromatic N) is 7. The van der Waals surface area contributed by atoms with Crippen molar-refractivity contribution in [3.8, 4) is 22.9 Å². The fraction of sp³-hybridized carbons (Fsp3) is 0.325. The number of amides is 1. The minimum Gasteiger partial charge on any atom is -0.507 e. The van der Waals surface area contributed by atoms with Gasteiger partial charge >= 0.3 is 0 Å². The first kappa shape index (κ1) is 34.8. The van der Waals surface area contributed by atoms with Crippen LogP contribution in [0, 0.1) is 5.92 Å². The van der Waals surface area contributed by atoms with Crippen molar-refractivity contribution in [2.24, 2.45) is 15.9 Å². The number of para-hydroxylation sites is 3. The number of hydrogen-bond donors (Lipinski definition) is 4. The van der Waals surface area contributed by atoms with Gasteiger partial charge in [0.15, 0.2) is 11.7 Å². The van der Waals surface area contributed by atoms with E-state index in [0.717, 1.165) is 48.7 Å². The highest BCUT2D eigenvalue weighted by atomic mass is 16.3. The molecular formula is C40H44N8O4. The second-order valence-electron chi connectivity index (χ2n) is 13.3. The molecule has 0 spiro atoms. The lowest BCUT2D eigenvalue weighted by Gasteiger charge is -2.37. The Kier molecular flexibility index (Phi) is 10.6. The normalized spacial score (nSPS) is 20.4. The Bertz CT molecular complexity index is 2030. The summed E-state index contributed by atoms with van der Waals surface area (Å²) >= 11 is 0. The van der Waals surface area contributed by atoms with Crippen LogP contribution in [0.3, 0.4) is 0 Å². The molecule has 0 saturated carbocycles. The number of aromatic nitrogens is 2. The van der Waals surface area contributed by atoms with E-state index in [2.05, 4.69) is 38.3 Å². The van der Waals surface area contributed by atoms with Crippen molar-refractivity contribution in [3.05, 3.63) is 103 Å². The summed E-state index contributed by atoms with van der Waals surface area (Å²) in [5.74, 6) is 3.49. The van der Waals surface area contributed by atoms with E-state index in [1.807, 2.05) is 54.6 Å². The number of rotatable bonds is 5. The Labute approximate surface area is 303 Å². The molecule has 0 bridgehead atoms. The van der Waals surface area contributed by atoms with Crippen molar-refractivity contribution in [1.82, 2.24) is 25.1 Å². The predicted molar refractivity (Wildman–Crippen MR) is 204 cm³/mol. The van der Waals surface area contributed by atoms with Gasteiger partial charge in [0.1, 0.15) is 23.2 Å². The van der Waals surface area contributed by atoms with E-state index in [9.17, 15) is 20.1 Å². The van der Waals surface area contributed by atoms with E-state index in [-0.39, 0.29) is 35.8 Å². The number of carbonyl (C=O) groups excluding carboxylic acids is 1. The first-order valence-corrected chi connectivity index (χ1v) is 17.9. The Morgan fingerprint density at radius 1 is 0.808 bits per heavy atom. The van der Waals surface area contributed by atoms with E-state index in [1.165, 1.54) is 0 Å². The minimum atomic E-state index is -0.632. The summed E-state index contributed by atoms with van der Waals surface area (Å²) in [4.78, 5) is 37.6. The van der Waals surface area contributed by atoms with Gasteiger partial charge in [0.25, 0.3) is 0 Å². The van der Waals surface area contributed by atoms with Gasteiger partial charge in [-0.25, -0.2) is 15.0 Å². The highest BCUT2D eigenvalue weighted by Crippen LogP contribution is 2.32. The fourth-order valence-corrected chi connectivity index (χ4v) is 6.91. The van der Waals surface area contributed by atoms with Crippen LogP contribution < -0.4 is 10.2 Å². The Balaban J connectivity index is 0.000000166. The van der Waals surface area contributed by atoms with Gasteiger partial charge in [0.2, 0.25) is 5.91 Å². The molecule has 3 aliphatic heterocycles. The van der Waals surface area contributed by atoms with Crippen LogP contribution in [0.2, 0.25) is 0 Å². The molecule has 4 aromatic rings. The van der Waals surface area contributed by atoms with E-state index in [4.69, 9.17) is 15.0 Å². The van der Waals surface area contributed by atoms with Crippen molar-refractivity contribution in [3.63, 3.8) is 0 Å². The van der Waals surface area contributed by atoms with Gasteiger partial charge in [-0.2, -0.15) is 0 Å². The number of benzene rings is 3. The molecule has 268 valence electrons. The summed E-state index contributed by atoms with van der Waals surface area (Å²) in [5, 5.41) is 34.2. The number of fused-ring (bicyclic) bond motifs is 2. The molecule has 3 atom stereocenters. The molecule has 0 radical (unpaired) electrons. The third kappa shape index (κ3) is 7.68. The van der Waals surface area contributed by atoms with Crippen molar-refractivity contribution in [1.29, 1.82) is 0 Å². The molecule has 2 saturated heterocycles. The maximum atomic E-state index is 12.2. The molecule has 4 heterocycles. The smallest absolute Gasteiger partial charge is 0.225 e. The summed E-state index contributed by atoms with van der Waals surface area (Å²) < 4.78 is 0. The van der Waals surface area contributed by atoms with Gasteiger partial charge in [0.05, 0.1) is 41.1 Å². The maximum Gasteiger partial charge on any atom is 0.225 e. The van der Waals surface area contributed by atoms with Gasteiger partial charge in [-0.3, -0.25) is 9.79 Å². The zero-order valence-electron chi connectivity index (χ0n) is 29.2. The first-order valence-electron chi connectivity index (χ1n) is 17.9. The fourth-order valence-electron chi connectivity index (χ4n) is 6.91. The Hall–Kier alpha value is -5.59. The maximum absolute atomic E-state index is 12.2. The number of hydrogen-bond acceptors (Lipinski definition) is 11. The number of phenols is 2. The molecule has 3 aromatic carbocycles. The second-order valence-corrected chi connectivity index (χ2v) is 13.3. The molecule has 2 unspecified atom stereocenters. The third-order valence-corrected chi connectivity index (χ3v) is 9.61. The number of aliphatic hydroxyl groups excluding tert-OH is 1. The van der Waals surface area contributed by atoms with E-state index < -0.39 is 6.10 Å². The van der Waals surface area contributed by atoms with Gasteiger partial charge < -0.3 is 35.3 Å². The molecule has 1 aliphatic carbocycles. The lowest BCUT2D eigenvalue weighted by molar-refractivity contribution is -0.133. The molecular weight excluding hydrogens is 656 g/mol. The average Bonchev–Trinajstić information content (AvgIpc) is 3.18. The van der Waals surface area contributed by atoms with Gasteiger partial charge in [-0.15, -0.1) is 0 Å². The summed E-state index contributed by atoms with van der Waals surface area (Å²) in [5.41, 5.74) is 2.09. The van der Waals surface area contributed by atoms with Crippen LogP contribution in [0.1, 0.15) is 18.9 Å². The quantitative estimate of drug-likeness (QED) is 0.243. The molecule has 8 rings (SSSR count). The van der Waals surface area contributed by atoms with E-state index >= 15 is 0 Å². The van der Waals surface area contributed by atoms with Crippen molar-refractivity contribution >= 4 is 34.3 Å². The summed E-state index contributed by atoms with van der Waals surface area (Å²) in [6, 6.07) is 22.2. The van der Waals surface area contributed by atoms with Crippen molar-refractivity contribution < 1.29 is 20.1 Å². The second kappa shape index (κ2) is 15.7. The van der Waals surface area contributed by atoms with Crippen LogP contribution in [-0.2, 0) is 4.79 Å². The van der Waals surface area contributed by atoms with E-state index in [0.29, 0.717) is 49.0 Å². The number of piperazine rings is 2. The van der Waals surface area contributed by atoms with Crippen LogP contribution in [0.5, 0.6) is 11.5 Å². The number of allylic oxidation sites excluding steroid dienone is 2. The standard InChI is InChI=1S/C22H24N4O3.C18H20N4O/c1-15(27)14-20(29)25-10-12-26(13-11-25)22-16-6-2-4-8-18(16)23-21(24-22)17-7-3-5-9-19(17)28;23-16-8-4-2-6-14(16)17-20-15-7-3-1-5-13(15)18(21-17)22-11-9-19-10-12-22/h2-9,15,27-28H,10-14H2,1H3;1-8,13,15,19,23H,9-12H2/t15-;/m0./s1. The van der Waals surface area contributed by atoms with Crippen molar-refractivity contribution in [2.75, 3.05) is 57.3 Å². The highest BCUT2D eigenvalue weighted by molar-refractivity contribution is 6.10. The predicted octanol–water partition coefficient (Wildman–Crippen LogP) is 3.99. The third-order valence-electron chi connectivity index (χ3n) is 9.61. The van der Waals surface area contributed by atoms with Crippen LogP contribution in [0.15, 0.2) is 107 Å². The van der Waals surface area contributed by atoms with Gasteiger partial charge in [-0.05, 0) is 43.3 Å². The molecule has 2 fully saturated rings. The van der Waals surface area contributed by atoms with Gasteiger partial charge in [-0.1, -0.05) is 60.7 Å². The molecule has 4 aliphatic rings. The molecule has 52 heavy (non-hydrogen) atoms. The zero-order valence-corrected chi connectivity index (χ0v) is 29.2. The first-order chi connectivity index (χ1) is 25.4. The molecule has 12 nitrogen and oxygen atoms in total. The number of amidine groups is 2. The number of aliphatic hydroxyl groups is 1. The summed E-state index contributed by atoms with van der Waals surface area (Å²) in [6.07, 6.45) is 7.91. The average molecular weight is 701 g/mol. The lowest BCUT2D eigenvalue weighted by Crippen LogP contribution is -2.51. The van der Waals surface area contributed by atoms with Crippen LogP contribution in [0.25, 0.3) is 22.3 Å². The van der Waals surface area contributed by atoms with E-state index in [1.54, 1.807) is 36.1 Å².